The number of methoxy groups -OCH3 is 1. The summed E-state index contributed by atoms with van der Waals surface area (Å²) in [6.45, 7) is 0. The van der Waals surface area contributed by atoms with Crippen LogP contribution in [0.15, 0.2) is 76.4 Å². The Kier molecular flexibility index (Phi) is 6.79. The molecule has 1 aromatic carbocycles. The van der Waals surface area contributed by atoms with Gasteiger partial charge < -0.3 is 14.6 Å². The first-order valence-corrected chi connectivity index (χ1v) is 13.8. The van der Waals surface area contributed by atoms with E-state index in [1.54, 1.807) is 13.3 Å². The Balaban J connectivity index is 1.60. The number of fused-ring (bicyclic) bond motifs is 2. The van der Waals surface area contributed by atoms with Crippen LogP contribution in [0.1, 0.15) is 44.9 Å². The summed E-state index contributed by atoms with van der Waals surface area (Å²) >= 11 is 3.66. The van der Waals surface area contributed by atoms with Crippen LogP contribution in [0.25, 0.3) is 28.1 Å². The number of benzene rings is 2. The van der Waals surface area contributed by atoms with Crippen molar-refractivity contribution in [3.05, 3.63) is 76.7 Å². The second-order valence-corrected chi connectivity index (χ2v) is 10.7. The lowest BCUT2D eigenvalue weighted by Crippen LogP contribution is -2.20. The molecule has 1 fully saturated rings. The molecule has 6 rings (SSSR count). The van der Waals surface area contributed by atoms with Crippen molar-refractivity contribution in [3.8, 4) is 17.3 Å². The van der Waals surface area contributed by atoms with Gasteiger partial charge in [-0.05, 0) is 72.6 Å². The Morgan fingerprint density at radius 1 is 1.00 bits per heavy atom. The molecule has 0 spiro atoms. The van der Waals surface area contributed by atoms with Crippen molar-refractivity contribution in [1.29, 1.82) is 0 Å². The highest BCUT2D eigenvalue weighted by atomic mass is 79.9. The predicted molar refractivity (Wildman–Crippen MR) is 153 cm³/mol. The third kappa shape index (κ3) is 4.92. The Morgan fingerprint density at radius 3 is 2.68 bits per heavy atom. The number of pyridine rings is 1. The van der Waals surface area contributed by atoms with Gasteiger partial charge in [0, 0.05) is 11.9 Å². The van der Waals surface area contributed by atoms with Crippen molar-refractivity contribution in [1.82, 2.24) is 14.5 Å². The van der Waals surface area contributed by atoms with Crippen LogP contribution in [0, 0.1) is 0 Å². The number of aromatic nitrogens is 3. The highest BCUT2D eigenvalue weighted by Gasteiger charge is 2.20. The Morgan fingerprint density at radius 2 is 1.86 bits per heavy atom. The number of rotatable bonds is 5. The SMILES string of the molecule is COc1ncccc1Nc1cc2nc3ccccc3n(C3=CC=C(Br)CC3)c-2c/c1=N\C1CCCCC1. The number of anilines is 2. The lowest BCUT2D eigenvalue weighted by atomic mass is 9.96. The summed E-state index contributed by atoms with van der Waals surface area (Å²) in [5.41, 5.74) is 7.03. The van der Waals surface area contributed by atoms with Crippen LogP contribution in [0.4, 0.5) is 11.4 Å². The van der Waals surface area contributed by atoms with Gasteiger partial charge in [-0.1, -0.05) is 53.4 Å². The van der Waals surface area contributed by atoms with Crippen LogP contribution in [-0.2, 0) is 0 Å². The maximum absolute atomic E-state index is 5.52. The zero-order valence-electron chi connectivity index (χ0n) is 21.0. The van der Waals surface area contributed by atoms with E-state index in [-0.39, 0.29) is 0 Å². The van der Waals surface area contributed by atoms with E-state index in [1.807, 2.05) is 18.2 Å². The summed E-state index contributed by atoms with van der Waals surface area (Å²) in [6.07, 6.45) is 14.1. The molecule has 0 atom stereocenters. The van der Waals surface area contributed by atoms with E-state index < -0.39 is 0 Å². The summed E-state index contributed by atoms with van der Waals surface area (Å²) < 4.78 is 9.11. The number of nitrogens with zero attached hydrogens (tertiary/aromatic N) is 4. The number of hydrogen-bond donors (Lipinski definition) is 1. The molecular weight excluding hydrogens is 526 g/mol. The summed E-state index contributed by atoms with van der Waals surface area (Å²) in [4.78, 5) is 14.7. The number of allylic oxidation sites excluding steroid dienone is 4. The number of nitrogens with one attached hydrogen (secondary N) is 1. The molecule has 2 aromatic rings. The van der Waals surface area contributed by atoms with Gasteiger partial charge in [-0.2, -0.15) is 0 Å². The zero-order chi connectivity index (χ0) is 25.2. The molecule has 1 saturated carbocycles. The van der Waals surface area contributed by atoms with Crippen molar-refractivity contribution in [2.24, 2.45) is 4.99 Å². The van der Waals surface area contributed by atoms with Crippen LogP contribution >= 0.6 is 15.9 Å². The van der Waals surface area contributed by atoms with Crippen LogP contribution in [-0.4, -0.2) is 27.7 Å². The average Bonchev–Trinajstić information content (AvgIpc) is 2.94. The van der Waals surface area contributed by atoms with Gasteiger partial charge >= 0.3 is 0 Å². The smallest absolute Gasteiger partial charge is 0.237 e. The van der Waals surface area contributed by atoms with E-state index in [0.29, 0.717) is 11.9 Å². The normalized spacial score (nSPS) is 17.1. The quantitative estimate of drug-likeness (QED) is 0.260. The predicted octanol–water partition coefficient (Wildman–Crippen LogP) is 7.44. The number of ether oxygens (including phenoxy) is 1. The minimum absolute atomic E-state index is 0.331. The van der Waals surface area contributed by atoms with Gasteiger partial charge in [0.15, 0.2) is 0 Å². The molecule has 0 bridgehead atoms. The standard InChI is InChI=1S/C30H30BrN5O/c1-37-30-24(11-7-17-32-30)35-25-18-27-29(19-26(25)33-21-8-3-2-4-9-21)36(22-15-13-20(31)14-16-22)28-12-6-5-10-23(28)34-27/h5-7,10-13,15,17-19,21,35H,2-4,8-9,14,16H2,1H3/b33-26+. The molecule has 0 radical (unpaired) electrons. The van der Waals surface area contributed by atoms with Crippen molar-refractivity contribution in [2.75, 3.05) is 12.4 Å². The topological polar surface area (TPSA) is 64.3 Å². The van der Waals surface area contributed by atoms with Gasteiger partial charge in [0.2, 0.25) is 5.88 Å². The van der Waals surface area contributed by atoms with Crippen LogP contribution < -0.4 is 15.4 Å². The Bertz CT molecular complexity index is 1550. The lowest BCUT2D eigenvalue weighted by Gasteiger charge is -2.24. The fourth-order valence-electron chi connectivity index (χ4n) is 5.35. The molecule has 1 aromatic heterocycles. The second kappa shape index (κ2) is 10.5. The number of halogens is 1. The van der Waals surface area contributed by atoms with Crippen molar-refractivity contribution < 1.29 is 4.74 Å². The van der Waals surface area contributed by atoms with E-state index in [1.165, 1.54) is 29.4 Å². The van der Waals surface area contributed by atoms with Gasteiger partial charge in [0.05, 0.1) is 46.6 Å². The largest absolute Gasteiger partial charge is 0.480 e. The van der Waals surface area contributed by atoms with Crippen molar-refractivity contribution >= 4 is 44.0 Å². The molecule has 0 saturated heterocycles. The molecule has 188 valence electrons. The van der Waals surface area contributed by atoms with Gasteiger partial charge in [0.1, 0.15) is 5.69 Å². The number of para-hydroxylation sites is 2. The van der Waals surface area contributed by atoms with Gasteiger partial charge in [0.25, 0.3) is 0 Å². The van der Waals surface area contributed by atoms with Crippen molar-refractivity contribution in [3.63, 3.8) is 0 Å². The fourth-order valence-corrected chi connectivity index (χ4v) is 5.68. The molecule has 4 aliphatic rings. The van der Waals surface area contributed by atoms with E-state index in [2.05, 4.69) is 73.3 Å². The lowest BCUT2D eigenvalue weighted by molar-refractivity contribution is 0.400. The fraction of sp³-hybridized carbons (Fsp3) is 0.300. The van der Waals surface area contributed by atoms with Crippen LogP contribution in [0.2, 0.25) is 0 Å². The molecule has 0 unspecified atom stereocenters. The maximum atomic E-state index is 5.52. The average molecular weight is 557 g/mol. The minimum atomic E-state index is 0.331. The monoisotopic (exact) mass is 555 g/mol. The van der Waals surface area contributed by atoms with Gasteiger partial charge in [-0.3, -0.25) is 4.99 Å². The molecule has 2 heterocycles. The first-order chi connectivity index (χ1) is 18.2. The molecule has 0 amide bonds. The summed E-state index contributed by atoms with van der Waals surface area (Å²) in [5, 5.41) is 4.51. The highest BCUT2D eigenvalue weighted by molar-refractivity contribution is 9.11. The second-order valence-electron chi connectivity index (χ2n) is 9.67. The molecule has 37 heavy (non-hydrogen) atoms. The van der Waals surface area contributed by atoms with Gasteiger partial charge in [-0.25, -0.2) is 9.97 Å². The van der Waals surface area contributed by atoms with E-state index >= 15 is 0 Å². The first-order valence-electron chi connectivity index (χ1n) is 13.0. The molecule has 3 aliphatic carbocycles. The minimum Gasteiger partial charge on any atom is -0.480 e. The number of hydrogen-bond acceptors (Lipinski definition) is 5. The van der Waals surface area contributed by atoms with Crippen LogP contribution in [0.3, 0.4) is 0 Å². The maximum Gasteiger partial charge on any atom is 0.237 e. The Hall–Kier alpha value is -3.45. The Labute approximate surface area is 225 Å². The molecule has 6 nitrogen and oxygen atoms in total. The van der Waals surface area contributed by atoms with Gasteiger partial charge in [-0.15, -0.1) is 0 Å². The van der Waals surface area contributed by atoms with Crippen LogP contribution in [0.5, 0.6) is 5.88 Å². The summed E-state index contributed by atoms with van der Waals surface area (Å²) in [6, 6.07) is 16.9. The van der Waals surface area contributed by atoms with E-state index in [4.69, 9.17) is 14.7 Å². The third-order valence-corrected chi connectivity index (χ3v) is 7.85. The molecular formula is C30H30BrN5O. The third-order valence-electron chi connectivity index (χ3n) is 7.19. The van der Waals surface area contributed by atoms with E-state index in [0.717, 1.165) is 64.8 Å². The summed E-state index contributed by atoms with van der Waals surface area (Å²) in [7, 11) is 1.64. The first kappa shape index (κ1) is 23.9. The molecule has 1 aliphatic heterocycles. The molecule has 7 heteroatoms. The van der Waals surface area contributed by atoms with Crippen molar-refractivity contribution in [2.45, 2.75) is 51.0 Å². The summed E-state index contributed by atoms with van der Waals surface area (Å²) in [5.74, 6) is 0.553. The molecule has 1 N–H and O–H groups in total. The highest BCUT2D eigenvalue weighted by Crippen LogP contribution is 2.35. The van der Waals surface area contributed by atoms with E-state index in [9.17, 15) is 0 Å². The zero-order valence-corrected chi connectivity index (χ0v) is 22.5.